The van der Waals surface area contributed by atoms with Crippen LogP contribution in [0.4, 0.5) is 0 Å². The Balaban J connectivity index is 1.88. The SMILES string of the molecule is CCSCCNCC1CCC(O)C1. The van der Waals surface area contributed by atoms with Crippen molar-refractivity contribution >= 4 is 11.8 Å². The molecular weight excluding hydrogens is 182 g/mol. The first-order valence-corrected chi connectivity index (χ1v) is 6.45. The van der Waals surface area contributed by atoms with Crippen LogP contribution in [0.15, 0.2) is 0 Å². The Morgan fingerprint density at radius 1 is 1.46 bits per heavy atom. The molecule has 13 heavy (non-hydrogen) atoms. The Kier molecular flexibility index (Phi) is 5.83. The van der Waals surface area contributed by atoms with Gasteiger partial charge in [0.05, 0.1) is 6.10 Å². The molecule has 1 saturated carbocycles. The number of aliphatic hydroxyl groups excluding tert-OH is 1. The molecule has 1 aliphatic carbocycles. The van der Waals surface area contributed by atoms with E-state index in [1.165, 1.54) is 17.9 Å². The van der Waals surface area contributed by atoms with E-state index in [-0.39, 0.29) is 6.10 Å². The van der Waals surface area contributed by atoms with E-state index in [2.05, 4.69) is 12.2 Å². The van der Waals surface area contributed by atoms with Gasteiger partial charge in [-0.15, -0.1) is 0 Å². The minimum absolute atomic E-state index is 0.0168. The molecule has 2 unspecified atom stereocenters. The van der Waals surface area contributed by atoms with E-state index in [0.29, 0.717) is 0 Å². The Morgan fingerprint density at radius 3 is 2.92 bits per heavy atom. The van der Waals surface area contributed by atoms with Crippen LogP contribution in [0.2, 0.25) is 0 Å². The fourth-order valence-electron chi connectivity index (χ4n) is 1.83. The second-order valence-electron chi connectivity index (χ2n) is 3.73. The first-order valence-electron chi connectivity index (χ1n) is 5.29. The van der Waals surface area contributed by atoms with Gasteiger partial charge in [0, 0.05) is 12.3 Å². The van der Waals surface area contributed by atoms with Crippen molar-refractivity contribution in [2.75, 3.05) is 24.6 Å². The third-order valence-electron chi connectivity index (χ3n) is 2.57. The molecule has 0 aromatic carbocycles. The second-order valence-corrected chi connectivity index (χ2v) is 5.13. The molecule has 78 valence electrons. The summed E-state index contributed by atoms with van der Waals surface area (Å²) in [5.74, 6) is 3.15. The summed E-state index contributed by atoms with van der Waals surface area (Å²) in [4.78, 5) is 0. The van der Waals surface area contributed by atoms with Crippen LogP contribution in [0.3, 0.4) is 0 Å². The average molecular weight is 203 g/mol. The van der Waals surface area contributed by atoms with Crippen molar-refractivity contribution in [1.82, 2.24) is 5.32 Å². The number of hydrogen-bond acceptors (Lipinski definition) is 3. The monoisotopic (exact) mass is 203 g/mol. The van der Waals surface area contributed by atoms with Gasteiger partial charge in [0.15, 0.2) is 0 Å². The molecule has 2 nitrogen and oxygen atoms in total. The third kappa shape index (κ3) is 4.89. The average Bonchev–Trinajstić information content (AvgIpc) is 2.51. The normalized spacial score (nSPS) is 28.2. The van der Waals surface area contributed by atoms with Crippen LogP contribution in [0.1, 0.15) is 26.2 Å². The molecule has 0 spiro atoms. The highest BCUT2D eigenvalue weighted by Crippen LogP contribution is 2.24. The van der Waals surface area contributed by atoms with Crippen molar-refractivity contribution < 1.29 is 5.11 Å². The summed E-state index contributed by atoms with van der Waals surface area (Å²) >= 11 is 1.98. The predicted molar refractivity (Wildman–Crippen MR) is 59.2 cm³/mol. The molecule has 0 bridgehead atoms. The summed E-state index contributed by atoms with van der Waals surface area (Å²) in [5.41, 5.74) is 0. The summed E-state index contributed by atoms with van der Waals surface area (Å²) in [6, 6.07) is 0. The van der Waals surface area contributed by atoms with E-state index in [1.807, 2.05) is 11.8 Å². The maximum atomic E-state index is 9.31. The van der Waals surface area contributed by atoms with Crippen molar-refractivity contribution in [2.24, 2.45) is 5.92 Å². The Morgan fingerprint density at radius 2 is 2.31 bits per heavy atom. The lowest BCUT2D eigenvalue weighted by molar-refractivity contribution is 0.177. The van der Waals surface area contributed by atoms with E-state index in [0.717, 1.165) is 31.8 Å². The van der Waals surface area contributed by atoms with Crippen LogP contribution in [-0.4, -0.2) is 35.8 Å². The molecule has 0 aliphatic heterocycles. The van der Waals surface area contributed by atoms with Gasteiger partial charge < -0.3 is 10.4 Å². The molecular formula is C10H21NOS. The second kappa shape index (κ2) is 6.68. The number of aliphatic hydroxyl groups is 1. The number of rotatable bonds is 6. The summed E-state index contributed by atoms with van der Waals surface area (Å²) < 4.78 is 0. The van der Waals surface area contributed by atoms with Gasteiger partial charge in [-0.2, -0.15) is 11.8 Å². The van der Waals surface area contributed by atoms with Crippen molar-refractivity contribution in [1.29, 1.82) is 0 Å². The lowest BCUT2D eigenvalue weighted by atomic mass is 10.1. The largest absolute Gasteiger partial charge is 0.393 e. The van der Waals surface area contributed by atoms with Crippen LogP contribution in [-0.2, 0) is 0 Å². The maximum Gasteiger partial charge on any atom is 0.0543 e. The number of nitrogens with one attached hydrogen (secondary N) is 1. The Bertz CT molecular complexity index is 132. The highest BCUT2D eigenvalue weighted by atomic mass is 32.2. The van der Waals surface area contributed by atoms with Crippen LogP contribution >= 0.6 is 11.8 Å². The predicted octanol–water partition coefficient (Wildman–Crippen LogP) is 1.49. The minimum atomic E-state index is -0.0168. The summed E-state index contributed by atoms with van der Waals surface area (Å²) in [6.07, 6.45) is 3.20. The molecule has 1 fully saturated rings. The molecule has 0 heterocycles. The van der Waals surface area contributed by atoms with Crippen molar-refractivity contribution in [3.8, 4) is 0 Å². The molecule has 2 N–H and O–H groups in total. The van der Waals surface area contributed by atoms with E-state index in [1.54, 1.807) is 0 Å². The Labute approximate surface area is 85.5 Å². The van der Waals surface area contributed by atoms with Crippen molar-refractivity contribution in [3.05, 3.63) is 0 Å². The van der Waals surface area contributed by atoms with Crippen LogP contribution in [0, 0.1) is 5.92 Å². The molecule has 1 rings (SSSR count). The molecule has 0 radical (unpaired) electrons. The molecule has 0 amide bonds. The summed E-state index contributed by atoms with van der Waals surface area (Å²) in [7, 11) is 0. The molecule has 0 saturated heterocycles. The molecule has 3 heteroatoms. The van der Waals surface area contributed by atoms with Crippen LogP contribution in [0.5, 0.6) is 0 Å². The van der Waals surface area contributed by atoms with Gasteiger partial charge in [0.25, 0.3) is 0 Å². The van der Waals surface area contributed by atoms with Gasteiger partial charge in [-0.1, -0.05) is 6.92 Å². The zero-order chi connectivity index (χ0) is 9.52. The van der Waals surface area contributed by atoms with E-state index >= 15 is 0 Å². The minimum Gasteiger partial charge on any atom is -0.393 e. The van der Waals surface area contributed by atoms with E-state index in [9.17, 15) is 5.11 Å². The maximum absolute atomic E-state index is 9.31. The van der Waals surface area contributed by atoms with Gasteiger partial charge in [0.2, 0.25) is 0 Å². The summed E-state index contributed by atoms with van der Waals surface area (Å²) in [5, 5.41) is 12.8. The molecule has 0 aromatic heterocycles. The highest BCUT2D eigenvalue weighted by Gasteiger charge is 2.21. The number of thioether (sulfide) groups is 1. The fraction of sp³-hybridized carbons (Fsp3) is 1.00. The zero-order valence-electron chi connectivity index (χ0n) is 8.46. The van der Waals surface area contributed by atoms with E-state index in [4.69, 9.17) is 0 Å². The van der Waals surface area contributed by atoms with Crippen molar-refractivity contribution in [3.63, 3.8) is 0 Å². The molecule has 1 aliphatic rings. The van der Waals surface area contributed by atoms with E-state index < -0.39 is 0 Å². The van der Waals surface area contributed by atoms with Gasteiger partial charge >= 0.3 is 0 Å². The quantitative estimate of drug-likeness (QED) is 0.642. The van der Waals surface area contributed by atoms with Crippen LogP contribution < -0.4 is 5.32 Å². The molecule has 2 atom stereocenters. The van der Waals surface area contributed by atoms with Gasteiger partial charge in [-0.25, -0.2) is 0 Å². The van der Waals surface area contributed by atoms with Gasteiger partial charge in [0.1, 0.15) is 0 Å². The summed E-state index contributed by atoms with van der Waals surface area (Å²) in [6.45, 7) is 4.41. The van der Waals surface area contributed by atoms with Gasteiger partial charge in [-0.05, 0) is 37.5 Å². The first-order chi connectivity index (χ1) is 6.33. The third-order valence-corrected chi connectivity index (χ3v) is 3.47. The fourth-order valence-corrected chi connectivity index (χ4v) is 2.41. The van der Waals surface area contributed by atoms with Crippen LogP contribution in [0.25, 0.3) is 0 Å². The topological polar surface area (TPSA) is 32.3 Å². The smallest absolute Gasteiger partial charge is 0.0543 e. The highest BCUT2D eigenvalue weighted by molar-refractivity contribution is 7.99. The first kappa shape index (κ1) is 11.3. The lowest BCUT2D eigenvalue weighted by Crippen LogP contribution is -2.24. The lowest BCUT2D eigenvalue weighted by Gasteiger charge is -2.10. The zero-order valence-corrected chi connectivity index (χ0v) is 9.28. The number of hydrogen-bond donors (Lipinski definition) is 2. The van der Waals surface area contributed by atoms with Crippen molar-refractivity contribution in [2.45, 2.75) is 32.3 Å². The Hall–Kier alpha value is 0.270. The standard InChI is InChI=1S/C10H21NOS/c1-2-13-6-5-11-8-9-3-4-10(12)7-9/h9-12H,2-8H2,1H3. The van der Waals surface area contributed by atoms with Gasteiger partial charge in [-0.3, -0.25) is 0 Å². The molecule has 0 aromatic rings.